The van der Waals surface area contributed by atoms with Gasteiger partial charge in [0.25, 0.3) is 0 Å². The number of ether oxygens (including phenoxy) is 2. The summed E-state index contributed by atoms with van der Waals surface area (Å²) in [6.07, 6.45) is 33.5. The zero-order valence-corrected chi connectivity index (χ0v) is 32.6. The van der Waals surface area contributed by atoms with Crippen molar-refractivity contribution in [2.45, 2.75) is 218 Å². The van der Waals surface area contributed by atoms with Crippen molar-refractivity contribution in [2.24, 2.45) is 0 Å². The maximum absolute atomic E-state index is 12.5. The van der Waals surface area contributed by atoms with Gasteiger partial charge in [0.2, 0.25) is 0 Å². The highest BCUT2D eigenvalue weighted by atomic mass is 31.2. The van der Waals surface area contributed by atoms with E-state index >= 15 is 0 Å². The third kappa shape index (κ3) is 32.6. The Labute approximate surface area is 300 Å². The molecule has 0 aliphatic carbocycles. The molecule has 0 heterocycles. The molecule has 0 bridgehead atoms. The van der Waals surface area contributed by atoms with Crippen LogP contribution in [0.5, 0.6) is 0 Å². The minimum absolute atomic E-state index is 0.192. The van der Waals surface area contributed by atoms with Gasteiger partial charge in [-0.3, -0.25) is 14.2 Å². The molecule has 0 aromatic carbocycles. The van der Waals surface area contributed by atoms with Crippen molar-refractivity contribution in [3.8, 4) is 0 Å². The summed E-state index contributed by atoms with van der Waals surface area (Å²) in [6, 6.07) is 0. The number of unbranched alkanes of at least 4 members (excludes halogenated alkanes) is 26. The van der Waals surface area contributed by atoms with Gasteiger partial charge in [-0.25, -0.2) is 0 Å². The number of aliphatic hydroxyl groups is 2. The normalized spacial score (nSPS) is 14.0. The lowest BCUT2D eigenvalue weighted by Crippen LogP contribution is -2.30. The molecule has 0 aliphatic rings. The van der Waals surface area contributed by atoms with E-state index < -0.39 is 44.7 Å². The van der Waals surface area contributed by atoms with Crippen LogP contribution >= 0.6 is 7.60 Å². The Morgan fingerprint density at radius 1 is 0.531 bits per heavy atom. The quantitative estimate of drug-likeness (QED) is 0.0323. The number of aliphatic hydroxyl groups excluding tert-OH is 2. The van der Waals surface area contributed by atoms with Crippen molar-refractivity contribution in [3.05, 3.63) is 0 Å². The van der Waals surface area contributed by atoms with E-state index in [1.807, 2.05) is 0 Å². The van der Waals surface area contributed by atoms with E-state index in [1.54, 1.807) is 0 Å². The van der Waals surface area contributed by atoms with Crippen LogP contribution < -0.4 is 0 Å². The van der Waals surface area contributed by atoms with Gasteiger partial charge in [0.1, 0.15) is 6.61 Å². The number of carbonyl (C=O) groups is 2. The molecular weight excluding hydrogens is 643 g/mol. The lowest BCUT2D eigenvalue weighted by Gasteiger charge is -2.21. The van der Waals surface area contributed by atoms with Gasteiger partial charge in [-0.2, -0.15) is 0 Å². The molecule has 49 heavy (non-hydrogen) atoms. The van der Waals surface area contributed by atoms with Crippen molar-refractivity contribution >= 4 is 19.5 Å². The number of carbonyl (C=O) groups excluding carboxylic acids is 2. The van der Waals surface area contributed by atoms with E-state index in [-0.39, 0.29) is 19.4 Å². The SMILES string of the molecule is CCCCCCCCCCCCCCCCCC(=O)OC[C@H](COP(=O)(O)C(O)CO)OC(=O)CCCCCCCCCCCCCCC. The van der Waals surface area contributed by atoms with E-state index in [0.717, 1.165) is 32.1 Å². The zero-order chi connectivity index (χ0) is 36.3. The first-order valence-electron chi connectivity index (χ1n) is 20.4. The van der Waals surface area contributed by atoms with Crippen LogP contribution in [0, 0.1) is 0 Å². The van der Waals surface area contributed by atoms with Gasteiger partial charge in [0.05, 0.1) is 13.2 Å². The second-order valence-corrected chi connectivity index (χ2v) is 16.0. The lowest BCUT2D eigenvalue weighted by atomic mass is 10.0. The van der Waals surface area contributed by atoms with Gasteiger partial charge in [-0.05, 0) is 12.8 Å². The summed E-state index contributed by atoms with van der Waals surface area (Å²) in [7, 11) is -4.55. The van der Waals surface area contributed by atoms with Crippen molar-refractivity contribution in [1.82, 2.24) is 0 Å². The van der Waals surface area contributed by atoms with Gasteiger partial charge in [-0.15, -0.1) is 0 Å². The molecule has 0 saturated carbocycles. The van der Waals surface area contributed by atoms with Crippen molar-refractivity contribution in [1.29, 1.82) is 0 Å². The van der Waals surface area contributed by atoms with Gasteiger partial charge in [0.15, 0.2) is 11.9 Å². The predicted molar refractivity (Wildman–Crippen MR) is 200 cm³/mol. The first-order chi connectivity index (χ1) is 23.8. The average molecular weight is 721 g/mol. The van der Waals surface area contributed by atoms with Crippen molar-refractivity contribution < 1.29 is 43.3 Å². The minimum atomic E-state index is -4.55. The van der Waals surface area contributed by atoms with Crippen molar-refractivity contribution in [2.75, 3.05) is 19.8 Å². The molecule has 0 fully saturated rings. The molecule has 292 valence electrons. The fourth-order valence-electron chi connectivity index (χ4n) is 5.93. The maximum atomic E-state index is 12.5. The number of hydrogen-bond acceptors (Lipinski definition) is 8. The Morgan fingerprint density at radius 3 is 1.20 bits per heavy atom. The third-order valence-corrected chi connectivity index (χ3v) is 10.6. The van der Waals surface area contributed by atoms with Crippen LogP contribution in [0.25, 0.3) is 0 Å². The highest BCUT2D eigenvalue weighted by Gasteiger charge is 2.32. The second-order valence-electron chi connectivity index (χ2n) is 14.0. The van der Waals surface area contributed by atoms with Gasteiger partial charge >= 0.3 is 19.5 Å². The number of rotatable bonds is 38. The molecule has 0 aromatic rings. The Balaban J connectivity index is 4.16. The second kappa shape index (κ2) is 35.4. The Kier molecular flexibility index (Phi) is 34.7. The van der Waals surface area contributed by atoms with E-state index in [1.165, 1.54) is 135 Å². The van der Waals surface area contributed by atoms with Crippen LogP contribution in [0.1, 0.15) is 206 Å². The molecular formula is C39H77O9P. The first-order valence-corrected chi connectivity index (χ1v) is 22.0. The standard InChI is InChI=1S/C39H77O9P/c1-3-5-7-9-11-13-15-17-18-20-21-23-25-27-29-31-37(41)46-34-36(35-47-49(44,45)39(43)33-40)48-38(42)32-30-28-26-24-22-19-16-14-12-10-8-6-4-2/h36,39-40,43H,3-35H2,1-2H3,(H,44,45)/t36-,39?/m1/s1. The fourth-order valence-corrected chi connectivity index (χ4v) is 6.68. The van der Waals surface area contributed by atoms with Crippen LogP contribution in [0.4, 0.5) is 0 Å². The van der Waals surface area contributed by atoms with Crippen LogP contribution in [0.2, 0.25) is 0 Å². The summed E-state index contributed by atoms with van der Waals surface area (Å²) >= 11 is 0. The zero-order valence-electron chi connectivity index (χ0n) is 31.7. The van der Waals surface area contributed by atoms with Crippen LogP contribution in [-0.2, 0) is 28.2 Å². The van der Waals surface area contributed by atoms with Crippen molar-refractivity contribution in [3.63, 3.8) is 0 Å². The molecule has 0 spiro atoms. The molecule has 0 saturated heterocycles. The summed E-state index contributed by atoms with van der Waals surface area (Å²) in [5, 5.41) is 18.6. The molecule has 3 N–H and O–H groups in total. The number of hydrogen-bond donors (Lipinski definition) is 3. The largest absolute Gasteiger partial charge is 0.462 e. The molecule has 2 unspecified atom stereocenters. The number of esters is 2. The smallest absolute Gasteiger partial charge is 0.358 e. The highest BCUT2D eigenvalue weighted by Crippen LogP contribution is 2.46. The molecule has 3 atom stereocenters. The molecule has 10 heteroatoms. The topological polar surface area (TPSA) is 140 Å². The predicted octanol–water partition coefficient (Wildman–Crippen LogP) is 10.7. The summed E-state index contributed by atoms with van der Waals surface area (Å²) in [6.45, 7) is 2.69. The van der Waals surface area contributed by atoms with E-state index in [4.69, 9.17) is 19.1 Å². The minimum Gasteiger partial charge on any atom is -0.462 e. The Bertz CT molecular complexity index is 794. The average Bonchev–Trinajstić information content (AvgIpc) is 3.09. The molecule has 0 radical (unpaired) electrons. The van der Waals surface area contributed by atoms with E-state index in [2.05, 4.69) is 13.8 Å². The summed E-state index contributed by atoms with van der Waals surface area (Å²) < 4.78 is 27.8. The molecule has 0 aromatic heterocycles. The van der Waals surface area contributed by atoms with Crippen LogP contribution in [-0.4, -0.2) is 58.8 Å². The van der Waals surface area contributed by atoms with Crippen LogP contribution in [0.3, 0.4) is 0 Å². The molecule has 0 aliphatic heterocycles. The van der Waals surface area contributed by atoms with Crippen LogP contribution in [0.15, 0.2) is 0 Å². The van der Waals surface area contributed by atoms with E-state index in [9.17, 15) is 24.2 Å². The van der Waals surface area contributed by atoms with Gasteiger partial charge in [-0.1, -0.05) is 181 Å². The van der Waals surface area contributed by atoms with E-state index in [0.29, 0.717) is 12.8 Å². The lowest BCUT2D eigenvalue weighted by molar-refractivity contribution is -0.161. The first kappa shape index (κ1) is 48.0. The molecule has 0 amide bonds. The fraction of sp³-hybridized carbons (Fsp3) is 0.949. The van der Waals surface area contributed by atoms with Gasteiger partial charge < -0.3 is 29.1 Å². The third-order valence-electron chi connectivity index (χ3n) is 9.18. The summed E-state index contributed by atoms with van der Waals surface area (Å²) in [4.78, 5) is 34.7. The Hall–Kier alpha value is -0.990. The monoisotopic (exact) mass is 721 g/mol. The Morgan fingerprint density at radius 2 is 0.857 bits per heavy atom. The summed E-state index contributed by atoms with van der Waals surface area (Å²) in [5.74, 6) is -2.89. The molecule has 0 rings (SSSR count). The molecule has 9 nitrogen and oxygen atoms in total. The maximum Gasteiger partial charge on any atom is 0.358 e. The highest BCUT2D eigenvalue weighted by molar-refractivity contribution is 7.53. The summed E-state index contributed by atoms with van der Waals surface area (Å²) in [5.41, 5.74) is 0. The van der Waals surface area contributed by atoms with Gasteiger partial charge in [0, 0.05) is 12.8 Å².